The molecule has 0 N–H and O–H groups in total. The molecule has 5 nitrogen and oxygen atoms in total. The van der Waals surface area contributed by atoms with Gasteiger partial charge in [-0.25, -0.2) is 15.0 Å². The summed E-state index contributed by atoms with van der Waals surface area (Å²) in [5, 5.41) is 6.81. The van der Waals surface area contributed by atoms with E-state index in [1.165, 1.54) is 15.0 Å². The largest absolute Gasteiger partial charge is 0.455 e. The number of rotatable bonds is 5. The SMILES string of the molecule is c1ccc(-c2nc(-c3ccccc3)nc(-c3ccc(-c4ccccc4)c4sc5c(-n6c7ccccc7c7c8oc9ccccc9c8ccc76)cccc5c34)n2)cc1. The molecule has 0 aliphatic rings. The molecule has 0 radical (unpaired) electrons. The lowest BCUT2D eigenvalue weighted by Gasteiger charge is -2.12. The van der Waals surface area contributed by atoms with Crippen LogP contribution in [-0.2, 0) is 0 Å². The van der Waals surface area contributed by atoms with Crippen LogP contribution in [0.1, 0.15) is 0 Å². The third-order valence-corrected chi connectivity index (χ3v) is 12.3. The second kappa shape index (κ2) is 12.6. The first kappa shape index (κ1) is 31.9. The maximum absolute atomic E-state index is 6.64. The number of furan rings is 1. The van der Waals surface area contributed by atoms with Gasteiger partial charge >= 0.3 is 0 Å². The van der Waals surface area contributed by atoms with Crippen LogP contribution in [0.15, 0.2) is 186 Å². The van der Waals surface area contributed by atoms with Gasteiger partial charge in [-0.05, 0) is 47.5 Å². The maximum Gasteiger partial charge on any atom is 0.164 e. The molecule has 0 spiro atoms. The molecule has 4 aromatic heterocycles. The first-order chi connectivity index (χ1) is 28.3. The zero-order valence-electron chi connectivity index (χ0n) is 30.4. The molecule has 0 unspecified atom stereocenters. The van der Waals surface area contributed by atoms with Gasteiger partial charge in [0, 0.05) is 48.3 Å². The van der Waals surface area contributed by atoms with Crippen molar-refractivity contribution in [3.63, 3.8) is 0 Å². The first-order valence-corrected chi connectivity index (χ1v) is 19.8. The fourth-order valence-electron chi connectivity index (χ4n) is 8.52. The fraction of sp³-hybridized carbons (Fsp3) is 0. The lowest BCUT2D eigenvalue weighted by molar-refractivity contribution is 0.673. The predicted molar refractivity (Wildman–Crippen MR) is 236 cm³/mol. The van der Waals surface area contributed by atoms with Crippen LogP contribution < -0.4 is 0 Å². The highest BCUT2D eigenvalue weighted by molar-refractivity contribution is 7.27. The third kappa shape index (κ3) is 4.91. The van der Waals surface area contributed by atoms with Gasteiger partial charge in [0.15, 0.2) is 17.5 Å². The van der Waals surface area contributed by atoms with E-state index in [0.717, 1.165) is 82.5 Å². The Hall–Kier alpha value is -7.41. The van der Waals surface area contributed by atoms with Crippen LogP contribution in [0, 0.1) is 0 Å². The van der Waals surface area contributed by atoms with Crippen LogP contribution >= 0.6 is 11.3 Å². The highest BCUT2D eigenvalue weighted by Crippen LogP contribution is 2.48. The molecule has 0 aliphatic carbocycles. The Morgan fingerprint density at radius 1 is 0.386 bits per heavy atom. The van der Waals surface area contributed by atoms with Gasteiger partial charge in [-0.3, -0.25) is 0 Å². The Bertz CT molecular complexity index is 3460. The Morgan fingerprint density at radius 3 is 1.72 bits per heavy atom. The lowest BCUT2D eigenvalue weighted by Crippen LogP contribution is -2.00. The smallest absolute Gasteiger partial charge is 0.164 e. The lowest BCUT2D eigenvalue weighted by atomic mass is 9.98. The van der Waals surface area contributed by atoms with E-state index < -0.39 is 0 Å². The minimum Gasteiger partial charge on any atom is -0.455 e. The minimum absolute atomic E-state index is 0.640. The van der Waals surface area contributed by atoms with Crippen molar-refractivity contribution in [3.8, 4) is 51.0 Å². The molecule has 57 heavy (non-hydrogen) atoms. The van der Waals surface area contributed by atoms with Gasteiger partial charge in [-0.15, -0.1) is 11.3 Å². The Morgan fingerprint density at radius 2 is 0.982 bits per heavy atom. The monoisotopic (exact) mass is 746 g/mol. The Labute approximate surface area is 330 Å². The topological polar surface area (TPSA) is 56.7 Å². The van der Waals surface area contributed by atoms with E-state index in [9.17, 15) is 0 Å². The molecule has 0 fully saturated rings. The number of fused-ring (bicyclic) bond motifs is 10. The molecule has 0 aliphatic heterocycles. The second-order valence-electron chi connectivity index (χ2n) is 14.3. The highest BCUT2D eigenvalue weighted by atomic mass is 32.1. The predicted octanol–water partition coefficient (Wildman–Crippen LogP) is 13.9. The summed E-state index contributed by atoms with van der Waals surface area (Å²) in [4.78, 5) is 15.4. The van der Waals surface area contributed by atoms with Gasteiger partial charge in [0.25, 0.3) is 0 Å². The van der Waals surface area contributed by atoms with E-state index in [2.05, 4.69) is 144 Å². The standard InChI is InChI=1S/C51H30N4OS/c1-4-15-31(16-5-1)34-27-28-39(51-53-49(32-17-6-2-7-18-32)52-50(54-51)33-19-8-3-9-20-33)44-38-23-14-25-42(47(38)57-48(34)44)55-40-24-12-10-22-37(40)45-41(55)30-29-36-35-21-11-13-26-43(35)56-46(36)45/h1-30H. The fourth-order valence-corrected chi connectivity index (χ4v) is 9.88. The molecule has 8 aromatic carbocycles. The molecule has 0 saturated carbocycles. The first-order valence-electron chi connectivity index (χ1n) is 19.0. The summed E-state index contributed by atoms with van der Waals surface area (Å²) in [5.41, 5.74) is 10.4. The van der Waals surface area contributed by atoms with E-state index >= 15 is 0 Å². The summed E-state index contributed by atoms with van der Waals surface area (Å²) in [5.74, 6) is 1.92. The van der Waals surface area contributed by atoms with Crippen molar-refractivity contribution >= 4 is 75.3 Å². The molecule has 266 valence electrons. The van der Waals surface area contributed by atoms with Crippen LogP contribution in [0.5, 0.6) is 0 Å². The molecule has 0 saturated heterocycles. The zero-order chi connectivity index (χ0) is 37.5. The molecule has 0 amide bonds. The van der Waals surface area contributed by atoms with Gasteiger partial charge in [0.05, 0.1) is 26.8 Å². The normalized spacial score (nSPS) is 11.9. The van der Waals surface area contributed by atoms with Crippen molar-refractivity contribution in [2.24, 2.45) is 0 Å². The number of aromatic nitrogens is 4. The molecular formula is C51H30N4OS. The van der Waals surface area contributed by atoms with Gasteiger partial charge in [-0.1, -0.05) is 146 Å². The maximum atomic E-state index is 6.64. The quantitative estimate of drug-likeness (QED) is 0.176. The van der Waals surface area contributed by atoms with Crippen LogP contribution in [0.4, 0.5) is 0 Å². The van der Waals surface area contributed by atoms with Crippen molar-refractivity contribution < 1.29 is 4.42 Å². The molecular weight excluding hydrogens is 717 g/mol. The second-order valence-corrected chi connectivity index (χ2v) is 15.3. The number of hydrogen-bond acceptors (Lipinski definition) is 5. The Balaban J connectivity index is 1.17. The van der Waals surface area contributed by atoms with Crippen molar-refractivity contribution in [2.75, 3.05) is 0 Å². The van der Waals surface area contributed by atoms with Crippen molar-refractivity contribution in [1.82, 2.24) is 19.5 Å². The third-order valence-electron chi connectivity index (χ3n) is 11.1. The van der Waals surface area contributed by atoms with Crippen molar-refractivity contribution in [2.45, 2.75) is 0 Å². The number of benzene rings is 8. The van der Waals surface area contributed by atoms with Crippen LogP contribution in [0.2, 0.25) is 0 Å². The molecule has 4 heterocycles. The highest BCUT2D eigenvalue weighted by Gasteiger charge is 2.24. The molecule has 0 atom stereocenters. The van der Waals surface area contributed by atoms with Crippen molar-refractivity contribution in [3.05, 3.63) is 182 Å². The molecule has 6 heteroatoms. The summed E-state index contributed by atoms with van der Waals surface area (Å²) < 4.78 is 11.4. The number of hydrogen-bond donors (Lipinski definition) is 0. The number of nitrogens with zero attached hydrogens (tertiary/aromatic N) is 4. The molecule has 12 rings (SSSR count). The van der Waals surface area contributed by atoms with E-state index in [0.29, 0.717) is 17.5 Å². The number of para-hydroxylation sites is 2. The van der Waals surface area contributed by atoms with Gasteiger partial charge in [-0.2, -0.15) is 0 Å². The van der Waals surface area contributed by atoms with E-state index in [4.69, 9.17) is 19.4 Å². The van der Waals surface area contributed by atoms with Crippen LogP contribution in [0.25, 0.3) is 115 Å². The summed E-state index contributed by atoms with van der Waals surface area (Å²) in [6.45, 7) is 0. The molecule has 12 aromatic rings. The average molecular weight is 747 g/mol. The van der Waals surface area contributed by atoms with Gasteiger partial charge in [0.2, 0.25) is 0 Å². The van der Waals surface area contributed by atoms with Crippen molar-refractivity contribution in [1.29, 1.82) is 0 Å². The summed E-state index contributed by atoms with van der Waals surface area (Å²) in [6, 6.07) is 63.6. The average Bonchev–Trinajstić information content (AvgIpc) is 3.97. The number of thiophene rings is 1. The van der Waals surface area contributed by atoms with Gasteiger partial charge in [0.1, 0.15) is 11.2 Å². The summed E-state index contributed by atoms with van der Waals surface area (Å²) in [7, 11) is 0. The van der Waals surface area contributed by atoms with E-state index in [1.54, 1.807) is 0 Å². The van der Waals surface area contributed by atoms with Crippen LogP contribution in [-0.4, -0.2) is 19.5 Å². The Kier molecular flexibility index (Phi) is 7.03. The summed E-state index contributed by atoms with van der Waals surface area (Å²) >= 11 is 1.83. The van der Waals surface area contributed by atoms with Crippen LogP contribution in [0.3, 0.4) is 0 Å². The minimum atomic E-state index is 0.640. The summed E-state index contributed by atoms with van der Waals surface area (Å²) in [6.07, 6.45) is 0. The van der Waals surface area contributed by atoms with Gasteiger partial charge < -0.3 is 8.98 Å². The zero-order valence-corrected chi connectivity index (χ0v) is 31.2. The van der Waals surface area contributed by atoms with E-state index in [-0.39, 0.29) is 0 Å². The molecule has 0 bridgehead atoms. The van der Waals surface area contributed by atoms with E-state index in [1.807, 2.05) is 53.8 Å².